The Morgan fingerprint density at radius 1 is 1.38 bits per heavy atom. The van der Waals surface area contributed by atoms with Crippen LogP contribution in [0.2, 0.25) is 0 Å². The summed E-state index contributed by atoms with van der Waals surface area (Å²) >= 11 is 0. The van der Waals surface area contributed by atoms with Gasteiger partial charge < -0.3 is 15.6 Å². The van der Waals surface area contributed by atoms with Crippen molar-refractivity contribution in [3.8, 4) is 0 Å². The predicted octanol–water partition coefficient (Wildman–Crippen LogP) is 0.795. The highest BCUT2D eigenvalue weighted by atomic mass is 16.4. The molecule has 76 valence electrons. The highest BCUT2D eigenvalue weighted by Crippen LogP contribution is 2.13. The average Bonchev–Trinajstić information content (AvgIpc) is 2.02. The van der Waals surface area contributed by atoms with E-state index in [4.69, 9.17) is 10.8 Å². The average molecular weight is 187 g/mol. The number of Topliss-reactive ketones (excluding diaryl/α,β-unsaturated/α-hetero) is 1. The monoisotopic (exact) mass is 187 g/mol. The number of hydrogen-bond acceptors (Lipinski definition) is 3. The molecule has 1 atom stereocenters. The smallest absolute Gasteiger partial charge is 0.306 e. The first kappa shape index (κ1) is 12.1. The molecule has 0 rings (SSSR count). The lowest BCUT2D eigenvalue weighted by molar-refractivity contribution is -0.143. The number of unbranched alkanes of at least 4 members (excludes halogenated alkanes) is 1. The summed E-state index contributed by atoms with van der Waals surface area (Å²) in [5, 5.41) is 8.74. The van der Waals surface area contributed by atoms with Crippen LogP contribution in [0.25, 0.3) is 0 Å². The molecular formula is C9H17NO3. The Bertz CT molecular complexity index is 180. The van der Waals surface area contributed by atoms with Crippen LogP contribution in [0.1, 0.15) is 32.6 Å². The van der Waals surface area contributed by atoms with Gasteiger partial charge in [-0.1, -0.05) is 6.42 Å². The quantitative estimate of drug-likeness (QED) is 0.577. The largest absolute Gasteiger partial charge is 0.481 e. The van der Waals surface area contributed by atoms with Crippen LogP contribution in [-0.2, 0) is 9.59 Å². The summed E-state index contributed by atoms with van der Waals surface area (Å²) < 4.78 is 0. The van der Waals surface area contributed by atoms with E-state index in [0.29, 0.717) is 13.0 Å². The summed E-state index contributed by atoms with van der Waals surface area (Å²) in [5.41, 5.74) is 5.28. The molecule has 1 unspecified atom stereocenters. The third-order valence-corrected chi connectivity index (χ3v) is 1.89. The molecule has 0 aliphatic heterocycles. The minimum Gasteiger partial charge on any atom is -0.481 e. The SMILES string of the molecule is CC(=O)CC(CCCCN)C(=O)O. The number of aliphatic carboxylic acids is 1. The molecule has 0 aliphatic carbocycles. The van der Waals surface area contributed by atoms with Gasteiger partial charge in [0.1, 0.15) is 5.78 Å². The van der Waals surface area contributed by atoms with E-state index < -0.39 is 11.9 Å². The summed E-state index contributed by atoms with van der Waals surface area (Å²) in [5.74, 6) is -1.48. The van der Waals surface area contributed by atoms with Crippen LogP contribution >= 0.6 is 0 Å². The minimum absolute atomic E-state index is 0.0693. The fourth-order valence-electron chi connectivity index (χ4n) is 1.19. The molecule has 3 N–H and O–H groups in total. The third kappa shape index (κ3) is 6.28. The molecular weight excluding hydrogens is 170 g/mol. The van der Waals surface area contributed by atoms with Crippen molar-refractivity contribution < 1.29 is 14.7 Å². The second kappa shape index (κ2) is 6.60. The van der Waals surface area contributed by atoms with E-state index in [1.54, 1.807) is 0 Å². The van der Waals surface area contributed by atoms with Gasteiger partial charge in [0.05, 0.1) is 5.92 Å². The Balaban J connectivity index is 3.81. The lowest BCUT2D eigenvalue weighted by atomic mass is 9.97. The Kier molecular flexibility index (Phi) is 6.14. The summed E-state index contributed by atoms with van der Waals surface area (Å²) in [6.45, 7) is 1.99. The van der Waals surface area contributed by atoms with E-state index >= 15 is 0 Å². The van der Waals surface area contributed by atoms with E-state index in [-0.39, 0.29) is 12.2 Å². The first-order valence-electron chi connectivity index (χ1n) is 4.50. The van der Waals surface area contributed by atoms with Crippen LogP contribution in [0.3, 0.4) is 0 Å². The highest BCUT2D eigenvalue weighted by Gasteiger charge is 2.18. The lowest BCUT2D eigenvalue weighted by Gasteiger charge is -2.09. The molecule has 0 spiro atoms. The summed E-state index contributed by atoms with van der Waals surface area (Å²) in [6, 6.07) is 0. The molecule has 0 aromatic carbocycles. The fourth-order valence-corrected chi connectivity index (χ4v) is 1.19. The molecule has 4 nitrogen and oxygen atoms in total. The molecule has 0 aromatic rings. The number of carbonyl (C=O) groups excluding carboxylic acids is 1. The molecule has 0 radical (unpaired) electrons. The van der Waals surface area contributed by atoms with Gasteiger partial charge in [0.15, 0.2) is 0 Å². The molecule has 0 aliphatic rings. The maximum absolute atomic E-state index is 10.7. The van der Waals surface area contributed by atoms with E-state index in [0.717, 1.165) is 12.8 Å². The predicted molar refractivity (Wildman–Crippen MR) is 49.3 cm³/mol. The van der Waals surface area contributed by atoms with Crippen molar-refractivity contribution in [1.82, 2.24) is 0 Å². The van der Waals surface area contributed by atoms with E-state index in [1.165, 1.54) is 6.92 Å². The van der Waals surface area contributed by atoms with Crippen LogP contribution < -0.4 is 5.73 Å². The highest BCUT2D eigenvalue weighted by molar-refractivity contribution is 5.81. The number of hydrogen-bond donors (Lipinski definition) is 2. The standard InChI is InChI=1S/C9H17NO3/c1-7(11)6-8(9(12)13)4-2-3-5-10/h8H,2-6,10H2,1H3,(H,12,13). The van der Waals surface area contributed by atoms with Crippen molar-refractivity contribution in [2.24, 2.45) is 11.7 Å². The van der Waals surface area contributed by atoms with Gasteiger partial charge in [0.25, 0.3) is 0 Å². The van der Waals surface area contributed by atoms with Crippen LogP contribution in [0.5, 0.6) is 0 Å². The van der Waals surface area contributed by atoms with E-state index in [2.05, 4.69) is 0 Å². The third-order valence-electron chi connectivity index (χ3n) is 1.89. The number of carbonyl (C=O) groups is 2. The summed E-state index contributed by atoms with van der Waals surface area (Å²) in [7, 11) is 0. The topological polar surface area (TPSA) is 80.4 Å². The van der Waals surface area contributed by atoms with Crippen molar-refractivity contribution in [1.29, 1.82) is 0 Å². The van der Waals surface area contributed by atoms with E-state index in [9.17, 15) is 9.59 Å². The lowest BCUT2D eigenvalue weighted by Crippen LogP contribution is -2.17. The maximum atomic E-state index is 10.7. The van der Waals surface area contributed by atoms with Gasteiger partial charge in [-0.2, -0.15) is 0 Å². The molecule has 4 heteroatoms. The van der Waals surface area contributed by atoms with Crippen LogP contribution in [0.15, 0.2) is 0 Å². The van der Waals surface area contributed by atoms with Crippen molar-refractivity contribution in [2.45, 2.75) is 32.6 Å². The number of carboxylic acids is 1. The second-order valence-electron chi connectivity index (χ2n) is 3.23. The number of ketones is 1. The van der Waals surface area contributed by atoms with Crippen LogP contribution in [0, 0.1) is 5.92 Å². The second-order valence-corrected chi connectivity index (χ2v) is 3.23. The Hall–Kier alpha value is -0.900. The van der Waals surface area contributed by atoms with Crippen molar-refractivity contribution in [2.75, 3.05) is 6.54 Å². The number of carboxylic acid groups (broad SMARTS) is 1. The zero-order valence-electron chi connectivity index (χ0n) is 7.95. The first-order valence-corrected chi connectivity index (χ1v) is 4.50. The zero-order chi connectivity index (χ0) is 10.3. The van der Waals surface area contributed by atoms with Crippen molar-refractivity contribution >= 4 is 11.8 Å². The Morgan fingerprint density at radius 3 is 2.38 bits per heavy atom. The fraction of sp³-hybridized carbons (Fsp3) is 0.778. The van der Waals surface area contributed by atoms with Crippen LogP contribution in [-0.4, -0.2) is 23.4 Å². The van der Waals surface area contributed by atoms with Crippen molar-refractivity contribution in [3.05, 3.63) is 0 Å². The minimum atomic E-state index is -0.882. The molecule has 0 aromatic heterocycles. The van der Waals surface area contributed by atoms with E-state index in [1.807, 2.05) is 0 Å². The summed E-state index contributed by atoms with van der Waals surface area (Å²) in [4.78, 5) is 21.3. The Morgan fingerprint density at radius 2 is 2.00 bits per heavy atom. The van der Waals surface area contributed by atoms with Gasteiger partial charge in [-0.3, -0.25) is 4.79 Å². The van der Waals surface area contributed by atoms with Gasteiger partial charge in [0, 0.05) is 6.42 Å². The molecule has 0 bridgehead atoms. The molecule has 0 amide bonds. The first-order chi connectivity index (χ1) is 6.07. The van der Waals surface area contributed by atoms with Gasteiger partial charge in [-0.05, 0) is 26.3 Å². The molecule has 0 heterocycles. The number of rotatable bonds is 7. The van der Waals surface area contributed by atoms with Crippen LogP contribution in [0.4, 0.5) is 0 Å². The van der Waals surface area contributed by atoms with Gasteiger partial charge >= 0.3 is 5.97 Å². The normalized spacial score (nSPS) is 12.5. The van der Waals surface area contributed by atoms with Gasteiger partial charge in [-0.25, -0.2) is 0 Å². The number of nitrogens with two attached hydrogens (primary N) is 1. The van der Waals surface area contributed by atoms with Gasteiger partial charge in [-0.15, -0.1) is 0 Å². The molecule has 0 fully saturated rings. The Labute approximate surface area is 78.1 Å². The van der Waals surface area contributed by atoms with Crippen molar-refractivity contribution in [3.63, 3.8) is 0 Å². The zero-order valence-corrected chi connectivity index (χ0v) is 7.95. The maximum Gasteiger partial charge on any atom is 0.306 e. The summed E-state index contributed by atoms with van der Waals surface area (Å²) in [6.07, 6.45) is 2.29. The molecule has 13 heavy (non-hydrogen) atoms. The molecule has 0 saturated carbocycles. The molecule has 0 saturated heterocycles. The van der Waals surface area contributed by atoms with Gasteiger partial charge in [0.2, 0.25) is 0 Å².